The van der Waals surface area contributed by atoms with Crippen molar-refractivity contribution in [1.29, 1.82) is 0 Å². The Morgan fingerprint density at radius 2 is 2.00 bits per heavy atom. The van der Waals surface area contributed by atoms with Gasteiger partial charge in [0, 0.05) is 10.6 Å². The van der Waals surface area contributed by atoms with E-state index < -0.39 is 0 Å². The SMILES string of the molecule is NNC(=O)c1ccoc1CSc1ccc(N)cc1. The Hall–Kier alpha value is -1.92. The van der Waals surface area contributed by atoms with E-state index in [0.29, 0.717) is 17.1 Å². The normalized spacial score (nSPS) is 10.3. The van der Waals surface area contributed by atoms with E-state index in [-0.39, 0.29) is 5.91 Å². The van der Waals surface area contributed by atoms with Crippen LogP contribution < -0.4 is 17.0 Å². The van der Waals surface area contributed by atoms with Gasteiger partial charge in [-0.25, -0.2) is 5.84 Å². The number of hydrogen-bond acceptors (Lipinski definition) is 5. The summed E-state index contributed by atoms with van der Waals surface area (Å²) >= 11 is 1.56. The van der Waals surface area contributed by atoms with Crippen molar-refractivity contribution in [2.75, 3.05) is 5.73 Å². The molecule has 0 saturated heterocycles. The van der Waals surface area contributed by atoms with Gasteiger partial charge < -0.3 is 10.2 Å². The lowest BCUT2D eigenvalue weighted by Crippen LogP contribution is -2.30. The lowest BCUT2D eigenvalue weighted by molar-refractivity contribution is 0.0952. The lowest BCUT2D eigenvalue weighted by atomic mass is 10.2. The highest BCUT2D eigenvalue weighted by Gasteiger charge is 2.13. The van der Waals surface area contributed by atoms with Gasteiger partial charge in [0.15, 0.2) is 0 Å². The average molecular weight is 263 g/mol. The first-order chi connectivity index (χ1) is 8.70. The van der Waals surface area contributed by atoms with Crippen LogP contribution >= 0.6 is 11.8 Å². The summed E-state index contributed by atoms with van der Waals surface area (Å²) in [6.07, 6.45) is 1.48. The average Bonchev–Trinajstić information content (AvgIpc) is 2.85. The van der Waals surface area contributed by atoms with Gasteiger partial charge >= 0.3 is 0 Å². The van der Waals surface area contributed by atoms with Crippen molar-refractivity contribution in [2.45, 2.75) is 10.6 Å². The van der Waals surface area contributed by atoms with Crippen LogP contribution in [-0.2, 0) is 5.75 Å². The molecule has 0 spiro atoms. The second-order valence-corrected chi connectivity index (χ2v) is 4.64. The van der Waals surface area contributed by atoms with E-state index in [0.717, 1.165) is 10.6 Å². The highest BCUT2D eigenvalue weighted by molar-refractivity contribution is 7.98. The van der Waals surface area contributed by atoms with Crippen LogP contribution in [0.2, 0.25) is 0 Å². The summed E-state index contributed by atoms with van der Waals surface area (Å²) < 4.78 is 5.27. The van der Waals surface area contributed by atoms with E-state index in [4.69, 9.17) is 16.0 Å². The number of nitrogen functional groups attached to an aromatic ring is 2. The largest absolute Gasteiger partial charge is 0.468 e. The van der Waals surface area contributed by atoms with Gasteiger partial charge in [0.1, 0.15) is 5.76 Å². The van der Waals surface area contributed by atoms with Crippen molar-refractivity contribution in [3.63, 3.8) is 0 Å². The zero-order valence-corrected chi connectivity index (χ0v) is 10.4. The molecule has 2 aromatic rings. The van der Waals surface area contributed by atoms with Gasteiger partial charge in [0.05, 0.1) is 17.6 Å². The molecule has 18 heavy (non-hydrogen) atoms. The highest BCUT2D eigenvalue weighted by atomic mass is 32.2. The summed E-state index contributed by atoms with van der Waals surface area (Å²) in [5, 5.41) is 0. The molecule has 0 saturated carbocycles. The third-order valence-electron chi connectivity index (χ3n) is 2.37. The number of thioether (sulfide) groups is 1. The van der Waals surface area contributed by atoms with E-state index in [1.54, 1.807) is 17.8 Å². The van der Waals surface area contributed by atoms with Crippen LogP contribution in [0.25, 0.3) is 0 Å². The minimum Gasteiger partial charge on any atom is -0.468 e. The Morgan fingerprint density at radius 3 is 2.67 bits per heavy atom. The minimum atomic E-state index is -0.350. The maximum absolute atomic E-state index is 11.4. The summed E-state index contributed by atoms with van der Waals surface area (Å²) in [7, 11) is 0. The number of hydrazine groups is 1. The van der Waals surface area contributed by atoms with Crippen molar-refractivity contribution in [2.24, 2.45) is 5.84 Å². The number of carbonyl (C=O) groups excluding carboxylic acids is 1. The molecule has 0 aliphatic rings. The maximum Gasteiger partial charge on any atom is 0.268 e. The molecular weight excluding hydrogens is 250 g/mol. The first kappa shape index (κ1) is 12.5. The fraction of sp³-hybridized carbons (Fsp3) is 0.0833. The predicted molar refractivity (Wildman–Crippen MR) is 70.8 cm³/mol. The van der Waals surface area contributed by atoms with Crippen LogP contribution in [0.4, 0.5) is 5.69 Å². The van der Waals surface area contributed by atoms with Crippen LogP contribution in [0, 0.1) is 0 Å². The van der Waals surface area contributed by atoms with E-state index in [9.17, 15) is 4.79 Å². The summed E-state index contributed by atoms with van der Waals surface area (Å²) in [6, 6.07) is 9.11. The molecule has 1 heterocycles. The van der Waals surface area contributed by atoms with Crippen LogP contribution in [0.15, 0.2) is 45.9 Å². The summed E-state index contributed by atoms with van der Waals surface area (Å²) in [5.74, 6) is 5.90. The molecule has 1 aromatic heterocycles. The van der Waals surface area contributed by atoms with Crippen LogP contribution in [0.1, 0.15) is 16.1 Å². The molecule has 0 bridgehead atoms. The van der Waals surface area contributed by atoms with Crippen molar-refractivity contribution < 1.29 is 9.21 Å². The Bertz CT molecular complexity index is 537. The summed E-state index contributed by atoms with van der Waals surface area (Å²) in [6.45, 7) is 0. The smallest absolute Gasteiger partial charge is 0.268 e. The maximum atomic E-state index is 11.4. The number of hydrogen-bond donors (Lipinski definition) is 3. The van der Waals surface area contributed by atoms with Gasteiger partial charge in [-0.1, -0.05) is 0 Å². The molecule has 0 radical (unpaired) electrons. The van der Waals surface area contributed by atoms with E-state index >= 15 is 0 Å². The van der Waals surface area contributed by atoms with Gasteiger partial charge in [0.2, 0.25) is 0 Å². The number of nitrogens with two attached hydrogens (primary N) is 2. The summed E-state index contributed by atoms with van der Waals surface area (Å²) in [4.78, 5) is 12.5. The summed E-state index contributed by atoms with van der Waals surface area (Å²) in [5.41, 5.74) is 8.87. The van der Waals surface area contributed by atoms with Gasteiger partial charge in [0.25, 0.3) is 5.91 Å². The van der Waals surface area contributed by atoms with Gasteiger partial charge in [-0.05, 0) is 30.3 Å². The molecule has 5 N–H and O–H groups in total. The molecule has 0 aliphatic heterocycles. The standard InChI is InChI=1S/C12H13N3O2S/c13-8-1-3-9(4-2-8)18-7-11-10(5-6-17-11)12(16)15-14/h1-6H,7,13-14H2,(H,15,16). The number of rotatable bonds is 4. The Balaban J connectivity index is 2.04. The van der Waals surface area contributed by atoms with E-state index in [1.165, 1.54) is 6.26 Å². The molecule has 0 fully saturated rings. The van der Waals surface area contributed by atoms with Crippen LogP contribution in [0.3, 0.4) is 0 Å². The molecule has 5 nitrogen and oxygen atoms in total. The second-order valence-electron chi connectivity index (χ2n) is 3.59. The molecule has 1 amide bonds. The topological polar surface area (TPSA) is 94.3 Å². The van der Waals surface area contributed by atoms with Crippen LogP contribution in [-0.4, -0.2) is 5.91 Å². The fourth-order valence-electron chi connectivity index (χ4n) is 1.45. The quantitative estimate of drug-likeness (QED) is 0.257. The first-order valence-electron chi connectivity index (χ1n) is 5.26. The third kappa shape index (κ3) is 2.85. The zero-order valence-electron chi connectivity index (χ0n) is 9.55. The number of anilines is 1. The predicted octanol–water partition coefficient (Wildman–Crippen LogP) is 1.76. The zero-order chi connectivity index (χ0) is 13.0. The molecule has 0 aliphatic carbocycles. The molecule has 94 valence electrons. The van der Waals surface area contributed by atoms with E-state index in [2.05, 4.69) is 5.43 Å². The number of carbonyl (C=O) groups is 1. The molecule has 1 aromatic carbocycles. The number of nitrogens with one attached hydrogen (secondary N) is 1. The highest BCUT2D eigenvalue weighted by Crippen LogP contribution is 2.25. The van der Waals surface area contributed by atoms with Crippen molar-refractivity contribution >= 4 is 23.4 Å². The Kier molecular flexibility index (Phi) is 3.91. The minimum absolute atomic E-state index is 0.350. The molecule has 2 rings (SSSR count). The van der Waals surface area contributed by atoms with Crippen molar-refractivity contribution in [3.05, 3.63) is 47.9 Å². The van der Waals surface area contributed by atoms with Gasteiger partial charge in [-0.15, -0.1) is 11.8 Å². The molecule has 0 unspecified atom stereocenters. The third-order valence-corrected chi connectivity index (χ3v) is 3.38. The number of furan rings is 1. The fourth-order valence-corrected chi connectivity index (χ4v) is 2.30. The van der Waals surface area contributed by atoms with Gasteiger partial charge in [-0.2, -0.15) is 0 Å². The number of benzene rings is 1. The van der Waals surface area contributed by atoms with Crippen molar-refractivity contribution in [1.82, 2.24) is 5.43 Å². The molecular formula is C12H13N3O2S. The number of amides is 1. The van der Waals surface area contributed by atoms with Crippen LogP contribution in [0.5, 0.6) is 0 Å². The lowest BCUT2D eigenvalue weighted by Gasteiger charge is -2.02. The molecule has 6 heteroatoms. The Morgan fingerprint density at radius 1 is 1.28 bits per heavy atom. The monoisotopic (exact) mass is 263 g/mol. The first-order valence-corrected chi connectivity index (χ1v) is 6.25. The van der Waals surface area contributed by atoms with Crippen molar-refractivity contribution in [3.8, 4) is 0 Å². The van der Waals surface area contributed by atoms with E-state index in [1.807, 2.05) is 24.3 Å². The Labute approximate surface area is 108 Å². The molecule has 0 atom stereocenters. The second kappa shape index (κ2) is 5.61. The van der Waals surface area contributed by atoms with Gasteiger partial charge in [-0.3, -0.25) is 10.2 Å².